The summed E-state index contributed by atoms with van der Waals surface area (Å²) < 4.78 is 5.77. The Balaban J connectivity index is 2.63. The highest BCUT2D eigenvalue weighted by atomic mass is 79.9. The lowest BCUT2D eigenvalue weighted by Gasteiger charge is -2.07. The van der Waals surface area contributed by atoms with E-state index in [1.54, 1.807) is 18.2 Å². The number of halogens is 2. The molecule has 3 nitrogen and oxygen atoms in total. The molecule has 0 radical (unpaired) electrons. The molecule has 1 rings (SSSR count). The van der Waals surface area contributed by atoms with E-state index >= 15 is 0 Å². The molecule has 0 aliphatic carbocycles. The largest absolute Gasteiger partial charge is 0.372 e. The number of hydrogen-bond acceptors (Lipinski definition) is 2. The number of ether oxygens (including phenoxy) is 1. The molecule has 82 valence electrons. The zero-order valence-electron chi connectivity index (χ0n) is 8.22. The number of anilines is 1. The molecule has 1 aromatic rings. The normalized spacial score (nSPS) is 10.1. The van der Waals surface area contributed by atoms with Gasteiger partial charge in [-0.2, -0.15) is 0 Å². The van der Waals surface area contributed by atoms with Gasteiger partial charge in [0.1, 0.15) is 6.61 Å². The third-order valence-corrected chi connectivity index (χ3v) is 2.57. The standard InChI is InChI=1S/C10H11BrClNO2/c1-2-15-6-10(14)13-9-5-7(12)3-4-8(9)11/h3-5H,2,6H2,1H3,(H,13,14). The second kappa shape index (κ2) is 6.10. The van der Waals surface area contributed by atoms with Crippen molar-refractivity contribution in [2.24, 2.45) is 0 Å². The van der Waals surface area contributed by atoms with Crippen molar-refractivity contribution in [3.63, 3.8) is 0 Å². The van der Waals surface area contributed by atoms with E-state index in [9.17, 15) is 4.79 Å². The van der Waals surface area contributed by atoms with Crippen molar-refractivity contribution in [3.05, 3.63) is 27.7 Å². The zero-order valence-corrected chi connectivity index (χ0v) is 10.6. The highest BCUT2D eigenvalue weighted by Gasteiger charge is 2.05. The van der Waals surface area contributed by atoms with Gasteiger partial charge in [0.15, 0.2) is 0 Å². The van der Waals surface area contributed by atoms with Gasteiger partial charge in [-0.3, -0.25) is 4.79 Å². The predicted octanol–water partition coefficient (Wildman–Crippen LogP) is 3.08. The lowest BCUT2D eigenvalue weighted by molar-refractivity contribution is -0.120. The Morgan fingerprint density at radius 1 is 1.60 bits per heavy atom. The fraction of sp³-hybridized carbons (Fsp3) is 0.300. The Bertz CT molecular complexity index is 357. The molecule has 5 heteroatoms. The van der Waals surface area contributed by atoms with Crippen molar-refractivity contribution >= 4 is 39.1 Å². The summed E-state index contributed by atoms with van der Waals surface area (Å²) in [5.74, 6) is -0.195. The van der Waals surface area contributed by atoms with Gasteiger partial charge in [0.25, 0.3) is 0 Å². The Kier molecular flexibility index (Phi) is 5.08. The van der Waals surface area contributed by atoms with Gasteiger partial charge in [-0.1, -0.05) is 11.6 Å². The van der Waals surface area contributed by atoms with Gasteiger partial charge in [-0.15, -0.1) is 0 Å². The van der Waals surface area contributed by atoms with Crippen LogP contribution in [-0.4, -0.2) is 19.1 Å². The van der Waals surface area contributed by atoms with Crippen LogP contribution in [0.3, 0.4) is 0 Å². The van der Waals surface area contributed by atoms with Crippen LogP contribution < -0.4 is 5.32 Å². The third-order valence-electron chi connectivity index (χ3n) is 1.64. The third kappa shape index (κ3) is 4.20. The van der Waals surface area contributed by atoms with E-state index in [1.165, 1.54) is 0 Å². The Hall–Kier alpha value is -0.580. The van der Waals surface area contributed by atoms with E-state index in [4.69, 9.17) is 16.3 Å². The maximum atomic E-state index is 11.3. The lowest BCUT2D eigenvalue weighted by Crippen LogP contribution is -2.18. The van der Waals surface area contributed by atoms with E-state index < -0.39 is 0 Å². The zero-order chi connectivity index (χ0) is 11.3. The van der Waals surface area contributed by atoms with Crippen LogP contribution in [0.15, 0.2) is 22.7 Å². The minimum absolute atomic E-state index is 0.0510. The van der Waals surface area contributed by atoms with Crippen molar-refractivity contribution in [2.75, 3.05) is 18.5 Å². The van der Waals surface area contributed by atoms with Gasteiger partial charge in [0.05, 0.1) is 5.69 Å². The lowest BCUT2D eigenvalue weighted by atomic mass is 10.3. The number of carbonyl (C=O) groups is 1. The van der Waals surface area contributed by atoms with E-state index in [2.05, 4.69) is 21.2 Å². The van der Waals surface area contributed by atoms with E-state index in [1.807, 2.05) is 6.92 Å². The van der Waals surface area contributed by atoms with Gasteiger partial charge in [-0.25, -0.2) is 0 Å². The van der Waals surface area contributed by atoms with Crippen molar-refractivity contribution in [2.45, 2.75) is 6.92 Å². The van der Waals surface area contributed by atoms with Crippen molar-refractivity contribution in [3.8, 4) is 0 Å². The molecule has 0 aromatic heterocycles. The molecule has 0 aliphatic heterocycles. The number of amides is 1. The summed E-state index contributed by atoms with van der Waals surface area (Å²) in [6.45, 7) is 2.40. The molecule has 0 saturated heterocycles. The van der Waals surface area contributed by atoms with Crippen molar-refractivity contribution < 1.29 is 9.53 Å². The first kappa shape index (κ1) is 12.5. The van der Waals surface area contributed by atoms with E-state index in [0.717, 1.165) is 4.47 Å². The summed E-state index contributed by atoms with van der Waals surface area (Å²) >= 11 is 9.11. The fourth-order valence-electron chi connectivity index (χ4n) is 0.974. The van der Waals surface area contributed by atoms with Crippen LogP contribution in [0, 0.1) is 0 Å². The minimum Gasteiger partial charge on any atom is -0.372 e. The van der Waals surface area contributed by atoms with Crippen LogP contribution >= 0.6 is 27.5 Å². The summed E-state index contributed by atoms with van der Waals surface area (Å²) in [4.78, 5) is 11.3. The van der Waals surface area contributed by atoms with E-state index in [-0.39, 0.29) is 12.5 Å². The Morgan fingerprint density at radius 3 is 3.00 bits per heavy atom. The van der Waals surface area contributed by atoms with Gasteiger partial charge >= 0.3 is 0 Å². The summed E-state index contributed by atoms with van der Waals surface area (Å²) in [5.41, 5.74) is 0.646. The van der Waals surface area contributed by atoms with Crippen LogP contribution in [0.1, 0.15) is 6.92 Å². The quantitative estimate of drug-likeness (QED) is 0.926. The van der Waals surface area contributed by atoms with E-state index in [0.29, 0.717) is 17.3 Å². The smallest absolute Gasteiger partial charge is 0.250 e. The molecule has 0 aliphatic rings. The Labute approximate surface area is 102 Å². The number of hydrogen-bond donors (Lipinski definition) is 1. The molecule has 0 unspecified atom stereocenters. The van der Waals surface area contributed by atoms with Gasteiger partial charge in [-0.05, 0) is 41.1 Å². The molecule has 0 spiro atoms. The van der Waals surface area contributed by atoms with Crippen molar-refractivity contribution in [1.82, 2.24) is 0 Å². The van der Waals surface area contributed by atoms with Crippen LogP contribution in [0.4, 0.5) is 5.69 Å². The molecule has 0 saturated carbocycles. The van der Waals surface area contributed by atoms with Gasteiger partial charge in [0.2, 0.25) is 5.91 Å². The second-order valence-electron chi connectivity index (χ2n) is 2.81. The van der Waals surface area contributed by atoms with Crippen LogP contribution in [0.25, 0.3) is 0 Å². The molecular weight excluding hydrogens is 281 g/mol. The molecule has 15 heavy (non-hydrogen) atoms. The summed E-state index contributed by atoms with van der Waals surface area (Å²) in [7, 11) is 0. The van der Waals surface area contributed by atoms with Crippen LogP contribution in [-0.2, 0) is 9.53 Å². The van der Waals surface area contributed by atoms with Gasteiger partial charge < -0.3 is 10.1 Å². The molecular formula is C10H11BrClNO2. The molecule has 0 heterocycles. The Morgan fingerprint density at radius 2 is 2.33 bits per heavy atom. The van der Waals surface area contributed by atoms with Gasteiger partial charge in [0, 0.05) is 16.1 Å². The van der Waals surface area contributed by atoms with Crippen molar-refractivity contribution in [1.29, 1.82) is 0 Å². The monoisotopic (exact) mass is 291 g/mol. The van der Waals surface area contributed by atoms with Crippen LogP contribution in [0.2, 0.25) is 5.02 Å². The summed E-state index contributed by atoms with van der Waals surface area (Å²) in [6.07, 6.45) is 0. The average Bonchev–Trinajstić information content (AvgIpc) is 2.20. The molecule has 0 atom stereocenters. The first-order valence-corrected chi connectivity index (χ1v) is 5.63. The summed E-state index contributed by atoms with van der Waals surface area (Å²) in [6, 6.07) is 5.19. The second-order valence-corrected chi connectivity index (χ2v) is 4.10. The molecule has 1 N–H and O–H groups in total. The topological polar surface area (TPSA) is 38.3 Å². The first-order chi connectivity index (χ1) is 7.13. The highest BCUT2D eigenvalue weighted by Crippen LogP contribution is 2.25. The number of rotatable bonds is 4. The summed E-state index contributed by atoms with van der Waals surface area (Å²) in [5, 5.41) is 3.26. The average molecular weight is 293 g/mol. The number of nitrogens with one attached hydrogen (secondary N) is 1. The maximum Gasteiger partial charge on any atom is 0.250 e. The molecule has 1 aromatic carbocycles. The molecule has 1 amide bonds. The predicted molar refractivity (Wildman–Crippen MR) is 64.3 cm³/mol. The number of carbonyl (C=O) groups excluding carboxylic acids is 1. The fourth-order valence-corrected chi connectivity index (χ4v) is 1.49. The molecule has 0 bridgehead atoms. The molecule has 0 fully saturated rings. The first-order valence-electron chi connectivity index (χ1n) is 4.46. The highest BCUT2D eigenvalue weighted by molar-refractivity contribution is 9.10. The minimum atomic E-state index is -0.195. The SMILES string of the molecule is CCOCC(=O)Nc1cc(Cl)ccc1Br. The van der Waals surface area contributed by atoms with Crippen LogP contribution in [0.5, 0.6) is 0 Å². The number of benzene rings is 1. The maximum absolute atomic E-state index is 11.3.